The Kier molecular flexibility index (Phi) is 5.67. The summed E-state index contributed by atoms with van der Waals surface area (Å²) in [6, 6.07) is 2.98. The van der Waals surface area contributed by atoms with Gasteiger partial charge in [0, 0.05) is 29.8 Å². The van der Waals surface area contributed by atoms with Gasteiger partial charge in [-0.05, 0) is 18.6 Å². The largest absolute Gasteiger partial charge is 0.349 e. The number of imidazole rings is 1. The van der Waals surface area contributed by atoms with Crippen LogP contribution in [0.4, 0.5) is 0 Å². The van der Waals surface area contributed by atoms with E-state index in [0.717, 1.165) is 5.82 Å². The molecule has 0 spiro atoms. The monoisotopic (exact) mass is 411 g/mol. The number of H-pyrrole nitrogens is 1. The average Bonchev–Trinajstić information content (AvgIpc) is 2.86. The highest BCUT2D eigenvalue weighted by molar-refractivity contribution is 9.10. The topological polar surface area (TPSA) is 74.8 Å². The molecule has 2 N–H and O–H groups in total. The van der Waals surface area contributed by atoms with Crippen molar-refractivity contribution in [3.63, 3.8) is 0 Å². The Bertz CT molecular complexity index is 697. The summed E-state index contributed by atoms with van der Waals surface area (Å²) in [4.78, 5) is 6.92. The molecule has 0 aliphatic carbocycles. The molecule has 21 heavy (non-hydrogen) atoms. The van der Waals surface area contributed by atoms with Gasteiger partial charge >= 0.3 is 0 Å². The van der Waals surface area contributed by atoms with Crippen LogP contribution in [0.25, 0.3) is 0 Å². The maximum Gasteiger partial charge on any atom is 0.243 e. The van der Waals surface area contributed by atoms with Crippen LogP contribution in [-0.4, -0.2) is 24.9 Å². The highest BCUT2D eigenvalue weighted by Crippen LogP contribution is 2.32. The molecule has 0 bridgehead atoms. The minimum atomic E-state index is -3.74. The van der Waals surface area contributed by atoms with Gasteiger partial charge in [-0.2, -0.15) is 0 Å². The van der Waals surface area contributed by atoms with E-state index >= 15 is 0 Å². The predicted octanol–water partition coefficient (Wildman–Crippen LogP) is 3.39. The molecule has 0 saturated heterocycles. The number of hydrogen-bond acceptors (Lipinski definition) is 3. The molecule has 0 saturated carbocycles. The molecule has 0 unspecified atom stereocenters. The zero-order valence-electron chi connectivity index (χ0n) is 10.7. The molecule has 0 atom stereocenters. The number of aromatic amines is 1. The van der Waals surface area contributed by atoms with E-state index in [4.69, 9.17) is 23.2 Å². The molecule has 2 aromatic rings. The van der Waals surface area contributed by atoms with Crippen molar-refractivity contribution in [1.82, 2.24) is 14.7 Å². The van der Waals surface area contributed by atoms with Crippen molar-refractivity contribution in [3.8, 4) is 0 Å². The highest BCUT2D eigenvalue weighted by Gasteiger charge is 2.21. The van der Waals surface area contributed by atoms with E-state index in [0.29, 0.717) is 17.3 Å². The highest BCUT2D eigenvalue weighted by atomic mass is 79.9. The summed E-state index contributed by atoms with van der Waals surface area (Å²) >= 11 is 15.1. The van der Waals surface area contributed by atoms with Crippen molar-refractivity contribution in [3.05, 3.63) is 44.9 Å². The van der Waals surface area contributed by atoms with Gasteiger partial charge < -0.3 is 4.98 Å². The fraction of sp³-hybridized carbons (Fsp3) is 0.250. The van der Waals surface area contributed by atoms with E-state index in [2.05, 4.69) is 30.6 Å². The first-order valence-electron chi connectivity index (χ1n) is 6.02. The number of benzene rings is 1. The van der Waals surface area contributed by atoms with E-state index in [1.54, 1.807) is 12.4 Å². The lowest BCUT2D eigenvalue weighted by Crippen LogP contribution is -2.25. The molecule has 114 valence electrons. The summed E-state index contributed by atoms with van der Waals surface area (Å²) in [7, 11) is -3.74. The Labute approximate surface area is 141 Å². The number of nitrogens with one attached hydrogen (secondary N) is 2. The standard InChI is InChI=1S/C12H12BrCl2N3O2S/c13-8-6-9(14)12(10(15)7-8)21(19,20)18-3-1-2-11-16-4-5-17-11/h4-7,18H,1-3H2,(H,16,17). The molecule has 2 rings (SSSR count). The van der Waals surface area contributed by atoms with Crippen molar-refractivity contribution in [2.75, 3.05) is 6.54 Å². The smallest absolute Gasteiger partial charge is 0.243 e. The minimum Gasteiger partial charge on any atom is -0.349 e. The molecular formula is C12H12BrCl2N3O2S. The van der Waals surface area contributed by atoms with Gasteiger partial charge in [0.25, 0.3) is 0 Å². The molecule has 0 radical (unpaired) electrons. The van der Waals surface area contributed by atoms with Crippen molar-refractivity contribution >= 4 is 49.2 Å². The summed E-state index contributed by atoms with van der Waals surface area (Å²) in [5.74, 6) is 0.814. The molecule has 0 aliphatic heterocycles. The van der Waals surface area contributed by atoms with E-state index in [-0.39, 0.29) is 21.5 Å². The molecule has 1 heterocycles. The minimum absolute atomic E-state index is 0.0768. The van der Waals surface area contributed by atoms with Gasteiger partial charge in [0.05, 0.1) is 10.0 Å². The quantitative estimate of drug-likeness (QED) is 0.714. The van der Waals surface area contributed by atoms with Crippen LogP contribution in [0.2, 0.25) is 10.0 Å². The van der Waals surface area contributed by atoms with Crippen LogP contribution in [0, 0.1) is 0 Å². The van der Waals surface area contributed by atoms with Crippen LogP contribution in [0.5, 0.6) is 0 Å². The van der Waals surface area contributed by atoms with Gasteiger partial charge in [-0.15, -0.1) is 0 Å². The van der Waals surface area contributed by atoms with Crippen molar-refractivity contribution < 1.29 is 8.42 Å². The Hall–Kier alpha value is -0.600. The van der Waals surface area contributed by atoms with Gasteiger partial charge in [-0.25, -0.2) is 18.1 Å². The van der Waals surface area contributed by atoms with Crippen molar-refractivity contribution in [2.24, 2.45) is 0 Å². The number of rotatable bonds is 6. The third kappa shape index (κ3) is 4.43. The Morgan fingerprint density at radius 2 is 1.95 bits per heavy atom. The average molecular weight is 413 g/mol. The second-order valence-corrected chi connectivity index (χ2v) is 7.67. The third-order valence-electron chi connectivity index (χ3n) is 2.67. The van der Waals surface area contributed by atoms with Crippen LogP contribution in [0.3, 0.4) is 0 Å². The van der Waals surface area contributed by atoms with Gasteiger partial charge in [0.2, 0.25) is 10.0 Å². The van der Waals surface area contributed by atoms with Crippen LogP contribution in [0.1, 0.15) is 12.2 Å². The SMILES string of the molecule is O=S(=O)(NCCCc1ncc[nH]1)c1c(Cl)cc(Br)cc1Cl. The first-order valence-corrected chi connectivity index (χ1v) is 9.06. The summed E-state index contributed by atoms with van der Waals surface area (Å²) in [6.07, 6.45) is 4.64. The number of halogens is 3. The molecule has 9 heteroatoms. The molecule has 0 amide bonds. The molecule has 0 aliphatic rings. The Morgan fingerprint density at radius 1 is 1.29 bits per heavy atom. The lowest BCUT2D eigenvalue weighted by atomic mass is 10.3. The Balaban J connectivity index is 2.02. The number of aromatic nitrogens is 2. The van der Waals surface area contributed by atoms with Crippen LogP contribution >= 0.6 is 39.1 Å². The zero-order valence-corrected chi connectivity index (χ0v) is 14.7. The van der Waals surface area contributed by atoms with Gasteiger partial charge in [-0.3, -0.25) is 0 Å². The molecule has 0 fully saturated rings. The third-order valence-corrected chi connectivity index (χ3v) is 5.51. The fourth-order valence-electron chi connectivity index (χ4n) is 1.75. The number of nitrogens with zero attached hydrogens (tertiary/aromatic N) is 1. The maximum absolute atomic E-state index is 12.2. The number of aryl methyl sites for hydroxylation is 1. The van der Waals surface area contributed by atoms with Crippen LogP contribution in [0.15, 0.2) is 33.9 Å². The number of sulfonamides is 1. The summed E-state index contributed by atoms with van der Waals surface area (Å²) < 4.78 is 27.6. The van der Waals surface area contributed by atoms with E-state index in [1.165, 1.54) is 12.1 Å². The van der Waals surface area contributed by atoms with Crippen LogP contribution in [-0.2, 0) is 16.4 Å². The Morgan fingerprint density at radius 3 is 2.52 bits per heavy atom. The molecule has 5 nitrogen and oxygen atoms in total. The van der Waals surface area contributed by atoms with E-state index in [9.17, 15) is 8.42 Å². The number of hydrogen-bond donors (Lipinski definition) is 2. The first kappa shape index (κ1) is 16.8. The summed E-state index contributed by atoms with van der Waals surface area (Å²) in [5.41, 5.74) is 0. The van der Waals surface area contributed by atoms with Crippen molar-refractivity contribution in [1.29, 1.82) is 0 Å². The second-order valence-electron chi connectivity index (χ2n) is 4.24. The van der Waals surface area contributed by atoms with Gasteiger partial charge in [-0.1, -0.05) is 39.1 Å². The molecular weight excluding hydrogens is 401 g/mol. The van der Waals surface area contributed by atoms with E-state index < -0.39 is 10.0 Å². The maximum atomic E-state index is 12.2. The predicted molar refractivity (Wildman–Crippen MR) is 86.3 cm³/mol. The molecule has 1 aromatic heterocycles. The summed E-state index contributed by atoms with van der Waals surface area (Å²) in [5, 5.41) is 0.154. The lowest BCUT2D eigenvalue weighted by Gasteiger charge is -2.10. The summed E-state index contributed by atoms with van der Waals surface area (Å²) in [6.45, 7) is 0.270. The normalized spacial score (nSPS) is 11.8. The zero-order chi connectivity index (χ0) is 15.5. The second kappa shape index (κ2) is 7.11. The fourth-order valence-corrected chi connectivity index (χ4v) is 4.76. The molecule has 1 aromatic carbocycles. The van der Waals surface area contributed by atoms with Gasteiger partial charge in [0.1, 0.15) is 10.7 Å². The van der Waals surface area contributed by atoms with Crippen LogP contribution < -0.4 is 4.72 Å². The first-order chi connectivity index (χ1) is 9.90. The van der Waals surface area contributed by atoms with E-state index in [1.807, 2.05) is 0 Å². The van der Waals surface area contributed by atoms with Crippen molar-refractivity contribution in [2.45, 2.75) is 17.7 Å². The van der Waals surface area contributed by atoms with Gasteiger partial charge in [0.15, 0.2) is 0 Å². The lowest BCUT2D eigenvalue weighted by molar-refractivity contribution is 0.578.